The van der Waals surface area contributed by atoms with Crippen LogP contribution in [0, 0.1) is 6.92 Å². The Balaban J connectivity index is 2.28. The highest BCUT2D eigenvalue weighted by Crippen LogP contribution is 2.28. The average Bonchev–Trinajstić information content (AvgIpc) is 2.34. The van der Waals surface area contributed by atoms with Crippen LogP contribution in [0.1, 0.15) is 15.9 Å². The van der Waals surface area contributed by atoms with E-state index in [4.69, 9.17) is 11.6 Å². The first-order chi connectivity index (χ1) is 8.99. The average molecular weight is 341 g/mol. The van der Waals surface area contributed by atoms with Crippen LogP contribution in [0.2, 0.25) is 5.02 Å². The first-order valence-electron chi connectivity index (χ1n) is 5.54. The molecule has 19 heavy (non-hydrogen) atoms. The van der Waals surface area contributed by atoms with Gasteiger partial charge in [0.15, 0.2) is 0 Å². The zero-order valence-corrected chi connectivity index (χ0v) is 12.4. The van der Waals surface area contributed by atoms with Gasteiger partial charge >= 0.3 is 0 Å². The summed E-state index contributed by atoms with van der Waals surface area (Å²) in [7, 11) is 0. The van der Waals surface area contributed by atoms with Crippen molar-refractivity contribution in [3.05, 3.63) is 57.0 Å². The molecule has 0 aromatic heterocycles. The zero-order chi connectivity index (χ0) is 14.0. The maximum Gasteiger partial charge on any atom is 0.259 e. The van der Waals surface area contributed by atoms with Crippen LogP contribution >= 0.6 is 27.5 Å². The van der Waals surface area contributed by atoms with Gasteiger partial charge in [-0.2, -0.15) is 0 Å². The Morgan fingerprint density at radius 1 is 1.32 bits per heavy atom. The van der Waals surface area contributed by atoms with E-state index in [9.17, 15) is 9.90 Å². The molecule has 0 heterocycles. The number of aryl methyl sites for hydroxylation is 1. The Bertz CT molecular complexity index is 643. The van der Waals surface area contributed by atoms with E-state index >= 15 is 0 Å². The molecule has 2 aromatic carbocycles. The molecule has 0 aliphatic carbocycles. The van der Waals surface area contributed by atoms with Gasteiger partial charge in [-0.15, -0.1) is 0 Å². The number of phenolic OH excluding ortho intramolecular Hbond substituents is 1. The fourth-order valence-electron chi connectivity index (χ4n) is 1.63. The lowest BCUT2D eigenvalue weighted by Gasteiger charge is -2.10. The van der Waals surface area contributed by atoms with Crippen LogP contribution < -0.4 is 5.32 Å². The molecule has 0 saturated carbocycles. The Morgan fingerprint density at radius 2 is 2.05 bits per heavy atom. The van der Waals surface area contributed by atoms with Crippen molar-refractivity contribution in [1.82, 2.24) is 0 Å². The summed E-state index contributed by atoms with van der Waals surface area (Å²) in [5.74, 6) is -0.533. The summed E-state index contributed by atoms with van der Waals surface area (Å²) in [6.07, 6.45) is 0. The Morgan fingerprint density at radius 3 is 2.74 bits per heavy atom. The monoisotopic (exact) mass is 339 g/mol. The number of amides is 1. The van der Waals surface area contributed by atoms with Crippen LogP contribution in [0.25, 0.3) is 0 Å². The van der Waals surface area contributed by atoms with E-state index in [2.05, 4.69) is 21.2 Å². The summed E-state index contributed by atoms with van der Waals surface area (Å²) in [5.41, 5.74) is 1.84. The number of phenols is 1. The SMILES string of the molecule is Cc1cccc(NC(=O)c2ccc(Cl)cc2O)c1Br. The lowest BCUT2D eigenvalue weighted by Crippen LogP contribution is -2.12. The molecule has 0 aliphatic heterocycles. The third-order valence-electron chi connectivity index (χ3n) is 2.64. The van der Waals surface area contributed by atoms with Crippen LogP contribution in [0.15, 0.2) is 40.9 Å². The highest BCUT2D eigenvalue weighted by molar-refractivity contribution is 9.10. The second-order valence-corrected chi connectivity index (χ2v) is 5.28. The summed E-state index contributed by atoms with van der Waals surface area (Å²) in [5, 5.41) is 12.8. The predicted molar refractivity (Wildman–Crippen MR) is 79.9 cm³/mol. The van der Waals surface area contributed by atoms with Crippen molar-refractivity contribution in [2.24, 2.45) is 0 Å². The standard InChI is InChI=1S/C14H11BrClNO2/c1-8-3-2-4-11(13(8)15)17-14(19)10-6-5-9(16)7-12(10)18/h2-7,18H,1H3,(H,17,19). The molecule has 0 saturated heterocycles. The number of rotatable bonds is 2. The van der Waals surface area contributed by atoms with Crippen LogP contribution in [0.4, 0.5) is 5.69 Å². The second kappa shape index (κ2) is 5.63. The van der Waals surface area contributed by atoms with E-state index in [0.717, 1.165) is 10.0 Å². The third-order valence-corrected chi connectivity index (χ3v) is 3.93. The first kappa shape index (κ1) is 13.9. The minimum absolute atomic E-state index is 0.145. The molecule has 0 fully saturated rings. The fourth-order valence-corrected chi connectivity index (χ4v) is 2.16. The summed E-state index contributed by atoms with van der Waals surface area (Å²) in [4.78, 5) is 12.1. The summed E-state index contributed by atoms with van der Waals surface area (Å²) in [6.45, 7) is 1.93. The number of hydrogen-bond acceptors (Lipinski definition) is 2. The number of nitrogens with one attached hydrogen (secondary N) is 1. The number of hydrogen-bond donors (Lipinski definition) is 2. The van der Waals surface area contributed by atoms with Crippen LogP contribution in [-0.2, 0) is 0 Å². The number of benzene rings is 2. The number of carbonyl (C=O) groups excluding carboxylic acids is 1. The number of halogens is 2. The summed E-state index contributed by atoms with van der Waals surface area (Å²) < 4.78 is 0.816. The van der Waals surface area contributed by atoms with Gasteiger partial charge in [0.2, 0.25) is 0 Å². The highest BCUT2D eigenvalue weighted by atomic mass is 79.9. The van der Waals surface area contributed by atoms with Gasteiger partial charge in [-0.3, -0.25) is 4.79 Å². The van der Waals surface area contributed by atoms with Gasteiger partial charge in [0, 0.05) is 9.50 Å². The molecule has 0 atom stereocenters. The van der Waals surface area contributed by atoms with Crippen LogP contribution in [0.5, 0.6) is 5.75 Å². The molecule has 1 amide bonds. The maximum atomic E-state index is 12.1. The Kier molecular flexibility index (Phi) is 4.12. The van der Waals surface area contributed by atoms with Gasteiger partial charge in [-0.25, -0.2) is 0 Å². The molecule has 0 spiro atoms. The van der Waals surface area contributed by atoms with Gasteiger partial charge in [0.05, 0.1) is 11.3 Å². The summed E-state index contributed by atoms with van der Waals surface area (Å²) >= 11 is 9.14. The van der Waals surface area contributed by atoms with E-state index in [1.54, 1.807) is 12.1 Å². The normalized spacial score (nSPS) is 10.3. The number of carbonyl (C=O) groups is 1. The quantitative estimate of drug-likeness (QED) is 0.853. The van der Waals surface area contributed by atoms with E-state index < -0.39 is 0 Å². The molecule has 0 bridgehead atoms. The van der Waals surface area contributed by atoms with Crippen molar-refractivity contribution in [3.63, 3.8) is 0 Å². The van der Waals surface area contributed by atoms with E-state index in [-0.39, 0.29) is 17.2 Å². The molecule has 0 unspecified atom stereocenters. The molecular weight excluding hydrogens is 330 g/mol. The lowest BCUT2D eigenvalue weighted by atomic mass is 10.1. The van der Waals surface area contributed by atoms with E-state index in [1.807, 2.05) is 19.1 Å². The van der Waals surface area contributed by atoms with Gasteiger partial charge < -0.3 is 10.4 Å². The highest BCUT2D eigenvalue weighted by Gasteiger charge is 2.13. The van der Waals surface area contributed by atoms with E-state index in [0.29, 0.717) is 10.7 Å². The fraction of sp³-hybridized carbons (Fsp3) is 0.0714. The van der Waals surface area contributed by atoms with E-state index in [1.165, 1.54) is 12.1 Å². The van der Waals surface area contributed by atoms with Crippen molar-refractivity contribution in [1.29, 1.82) is 0 Å². The minimum atomic E-state index is -0.388. The maximum absolute atomic E-state index is 12.1. The molecular formula is C14H11BrClNO2. The smallest absolute Gasteiger partial charge is 0.259 e. The van der Waals surface area contributed by atoms with Gasteiger partial charge in [-0.1, -0.05) is 23.7 Å². The largest absolute Gasteiger partial charge is 0.507 e. The lowest BCUT2D eigenvalue weighted by molar-refractivity contribution is 0.102. The molecule has 2 aromatic rings. The van der Waals surface area contributed by atoms with Crippen molar-refractivity contribution in [2.75, 3.05) is 5.32 Å². The van der Waals surface area contributed by atoms with Crippen molar-refractivity contribution in [3.8, 4) is 5.75 Å². The predicted octanol–water partition coefficient (Wildman–Crippen LogP) is 4.37. The van der Waals surface area contributed by atoms with Gasteiger partial charge in [0.25, 0.3) is 5.91 Å². The summed E-state index contributed by atoms with van der Waals surface area (Å²) in [6, 6.07) is 9.93. The van der Waals surface area contributed by atoms with Gasteiger partial charge in [0.1, 0.15) is 5.75 Å². The van der Waals surface area contributed by atoms with Crippen LogP contribution in [-0.4, -0.2) is 11.0 Å². The number of anilines is 1. The molecule has 0 radical (unpaired) electrons. The zero-order valence-electron chi connectivity index (χ0n) is 10.1. The Hall–Kier alpha value is -1.52. The molecule has 5 heteroatoms. The van der Waals surface area contributed by atoms with Crippen molar-refractivity contribution in [2.45, 2.75) is 6.92 Å². The van der Waals surface area contributed by atoms with Crippen LogP contribution in [0.3, 0.4) is 0 Å². The molecule has 98 valence electrons. The van der Waals surface area contributed by atoms with Crippen molar-refractivity contribution < 1.29 is 9.90 Å². The third kappa shape index (κ3) is 3.08. The molecule has 2 N–H and O–H groups in total. The first-order valence-corrected chi connectivity index (χ1v) is 6.71. The minimum Gasteiger partial charge on any atom is -0.507 e. The topological polar surface area (TPSA) is 49.3 Å². The molecule has 2 rings (SSSR count). The Labute approximate surface area is 124 Å². The molecule has 3 nitrogen and oxygen atoms in total. The number of aromatic hydroxyl groups is 1. The molecule has 0 aliphatic rings. The van der Waals surface area contributed by atoms with Gasteiger partial charge in [-0.05, 0) is 52.7 Å². The van der Waals surface area contributed by atoms with Crippen molar-refractivity contribution >= 4 is 39.1 Å². The second-order valence-electron chi connectivity index (χ2n) is 4.05.